The Balaban J connectivity index is 1.57. The highest BCUT2D eigenvalue weighted by Crippen LogP contribution is 2.25. The Bertz CT molecular complexity index is 346. The van der Waals surface area contributed by atoms with Crippen LogP contribution in [0.25, 0.3) is 0 Å². The summed E-state index contributed by atoms with van der Waals surface area (Å²) in [7, 11) is 0. The van der Waals surface area contributed by atoms with Crippen molar-refractivity contribution < 1.29 is 9.47 Å². The molecule has 2 aliphatic rings. The fourth-order valence-corrected chi connectivity index (χ4v) is 2.57. The number of hydrogen-bond donors (Lipinski definition) is 1. The van der Waals surface area contributed by atoms with Gasteiger partial charge in [-0.05, 0) is 12.8 Å². The molecule has 1 unspecified atom stereocenters. The summed E-state index contributed by atoms with van der Waals surface area (Å²) in [5.74, 6) is 0. The third kappa shape index (κ3) is 2.60. The lowest BCUT2D eigenvalue weighted by molar-refractivity contribution is -0.0902. The molecule has 1 aliphatic carbocycles. The van der Waals surface area contributed by atoms with E-state index in [1.807, 2.05) is 0 Å². The predicted molar refractivity (Wildman–Crippen MR) is 61.5 cm³/mol. The van der Waals surface area contributed by atoms with Crippen LogP contribution in [-0.2, 0) is 16.0 Å². The zero-order valence-electron chi connectivity index (χ0n) is 9.15. The van der Waals surface area contributed by atoms with Gasteiger partial charge in [0.2, 0.25) is 0 Å². The maximum atomic E-state index is 5.62. The van der Waals surface area contributed by atoms with Crippen molar-refractivity contribution in [3.63, 3.8) is 0 Å². The Morgan fingerprint density at radius 2 is 2.38 bits per heavy atom. The fraction of sp³-hybridized carbons (Fsp3) is 0.727. The number of rotatable bonds is 4. The second-order valence-electron chi connectivity index (χ2n) is 4.27. The van der Waals surface area contributed by atoms with E-state index in [2.05, 4.69) is 15.7 Å². The van der Waals surface area contributed by atoms with Crippen molar-refractivity contribution in [2.24, 2.45) is 0 Å². The van der Waals surface area contributed by atoms with E-state index in [1.54, 1.807) is 11.3 Å². The second-order valence-corrected chi connectivity index (χ2v) is 5.16. The maximum absolute atomic E-state index is 5.62. The van der Waals surface area contributed by atoms with Gasteiger partial charge in [-0.3, -0.25) is 0 Å². The molecule has 0 amide bonds. The van der Waals surface area contributed by atoms with Gasteiger partial charge in [-0.15, -0.1) is 11.3 Å². The van der Waals surface area contributed by atoms with Gasteiger partial charge in [-0.2, -0.15) is 0 Å². The average molecular weight is 240 g/mol. The van der Waals surface area contributed by atoms with Crippen LogP contribution in [0.4, 0.5) is 0 Å². The molecule has 0 aromatic carbocycles. The molecule has 3 rings (SSSR count). The Kier molecular flexibility index (Phi) is 3.19. The minimum absolute atomic E-state index is 0.0495. The molecule has 88 valence electrons. The van der Waals surface area contributed by atoms with Crippen LogP contribution in [0.1, 0.15) is 29.6 Å². The molecule has 4 nitrogen and oxygen atoms in total. The predicted octanol–water partition coefficient (Wildman–Crippen LogP) is 1.48. The van der Waals surface area contributed by atoms with Crippen molar-refractivity contribution >= 4 is 11.3 Å². The normalized spacial score (nSPS) is 25.9. The fourth-order valence-electron chi connectivity index (χ4n) is 1.72. The molecule has 1 saturated carbocycles. The quantitative estimate of drug-likeness (QED) is 0.866. The van der Waals surface area contributed by atoms with Crippen LogP contribution >= 0.6 is 11.3 Å². The first-order valence-corrected chi connectivity index (χ1v) is 6.67. The van der Waals surface area contributed by atoms with Crippen LogP contribution in [-0.4, -0.2) is 30.8 Å². The van der Waals surface area contributed by atoms with Crippen molar-refractivity contribution in [3.05, 3.63) is 16.1 Å². The van der Waals surface area contributed by atoms with Crippen molar-refractivity contribution in [1.82, 2.24) is 10.3 Å². The van der Waals surface area contributed by atoms with Gasteiger partial charge in [0, 0.05) is 18.0 Å². The lowest BCUT2D eigenvalue weighted by Gasteiger charge is -2.20. The Hall–Kier alpha value is -0.490. The molecule has 1 aliphatic heterocycles. The van der Waals surface area contributed by atoms with Crippen LogP contribution in [0.2, 0.25) is 0 Å². The minimum atomic E-state index is 0.0495. The highest BCUT2D eigenvalue weighted by Gasteiger charge is 2.22. The highest BCUT2D eigenvalue weighted by molar-refractivity contribution is 7.09. The van der Waals surface area contributed by atoms with E-state index in [0.29, 0.717) is 19.8 Å². The molecule has 0 spiro atoms. The van der Waals surface area contributed by atoms with E-state index in [4.69, 9.17) is 9.47 Å². The van der Waals surface area contributed by atoms with E-state index >= 15 is 0 Å². The van der Waals surface area contributed by atoms with Crippen molar-refractivity contribution in [1.29, 1.82) is 0 Å². The van der Waals surface area contributed by atoms with Gasteiger partial charge in [-0.1, -0.05) is 0 Å². The van der Waals surface area contributed by atoms with Gasteiger partial charge in [0.1, 0.15) is 11.1 Å². The zero-order valence-corrected chi connectivity index (χ0v) is 9.96. The first kappa shape index (κ1) is 10.7. The minimum Gasteiger partial charge on any atom is -0.376 e. The highest BCUT2D eigenvalue weighted by atomic mass is 32.1. The van der Waals surface area contributed by atoms with E-state index in [9.17, 15) is 0 Å². The van der Waals surface area contributed by atoms with E-state index < -0.39 is 0 Å². The monoisotopic (exact) mass is 240 g/mol. The Labute approximate surface area is 99.0 Å². The average Bonchev–Trinajstić information content (AvgIpc) is 3.05. The zero-order chi connectivity index (χ0) is 10.8. The first-order chi connectivity index (χ1) is 7.92. The summed E-state index contributed by atoms with van der Waals surface area (Å²) in [5, 5.41) is 6.62. The van der Waals surface area contributed by atoms with Crippen LogP contribution in [0.3, 0.4) is 0 Å². The van der Waals surface area contributed by atoms with Gasteiger partial charge in [0.05, 0.1) is 25.5 Å². The Morgan fingerprint density at radius 1 is 1.44 bits per heavy atom. The number of aromatic nitrogens is 1. The van der Waals surface area contributed by atoms with Crippen molar-refractivity contribution in [3.8, 4) is 0 Å². The number of ether oxygens (including phenoxy) is 2. The lowest BCUT2D eigenvalue weighted by Crippen LogP contribution is -2.22. The Morgan fingerprint density at radius 3 is 3.12 bits per heavy atom. The number of thiazole rings is 1. The van der Waals surface area contributed by atoms with Gasteiger partial charge >= 0.3 is 0 Å². The van der Waals surface area contributed by atoms with Gasteiger partial charge < -0.3 is 14.8 Å². The summed E-state index contributed by atoms with van der Waals surface area (Å²) in [6.45, 7) is 2.91. The second kappa shape index (κ2) is 4.79. The maximum Gasteiger partial charge on any atom is 0.132 e. The molecule has 1 atom stereocenters. The van der Waals surface area contributed by atoms with Gasteiger partial charge in [-0.25, -0.2) is 4.98 Å². The molecule has 1 N–H and O–H groups in total. The standard InChI is InChI=1S/C11H16N2O2S/c1-2-8(1)12-5-9-7-16-11(13-9)10-6-14-3-4-15-10/h7-8,10,12H,1-6H2. The number of nitrogens with one attached hydrogen (secondary N) is 1. The third-order valence-corrected chi connectivity index (χ3v) is 3.80. The summed E-state index contributed by atoms with van der Waals surface area (Å²) < 4.78 is 11.0. The van der Waals surface area contributed by atoms with Crippen molar-refractivity contribution in [2.75, 3.05) is 19.8 Å². The van der Waals surface area contributed by atoms with E-state index in [-0.39, 0.29) is 6.10 Å². The smallest absolute Gasteiger partial charge is 0.132 e. The number of nitrogens with zero attached hydrogens (tertiary/aromatic N) is 1. The summed E-state index contributed by atoms with van der Waals surface area (Å²) in [5.41, 5.74) is 1.13. The topological polar surface area (TPSA) is 43.4 Å². The molecule has 2 heterocycles. The van der Waals surface area contributed by atoms with Gasteiger partial charge in [0.25, 0.3) is 0 Å². The summed E-state index contributed by atoms with van der Waals surface area (Å²) >= 11 is 1.67. The van der Waals surface area contributed by atoms with E-state index in [0.717, 1.165) is 23.3 Å². The molecule has 1 saturated heterocycles. The molecular weight excluding hydrogens is 224 g/mol. The lowest BCUT2D eigenvalue weighted by atomic mass is 10.3. The molecule has 5 heteroatoms. The molecule has 0 bridgehead atoms. The molecule has 0 radical (unpaired) electrons. The van der Waals surface area contributed by atoms with Crippen LogP contribution in [0.15, 0.2) is 5.38 Å². The van der Waals surface area contributed by atoms with Crippen LogP contribution < -0.4 is 5.32 Å². The SMILES string of the molecule is c1sc(C2COCCO2)nc1CNC1CC1. The molecule has 16 heavy (non-hydrogen) atoms. The van der Waals surface area contributed by atoms with Crippen molar-refractivity contribution in [2.45, 2.75) is 31.5 Å². The molecule has 1 aromatic rings. The summed E-state index contributed by atoms with van der Waals surface area (Å²) in [6.07, 6.45) is 2.68. The first-order valence-electron chi connectivity index (χ1n) is 5.79. The molecule has 2 fully saturated rings. The van der Waals surface area contributed by atoms with Crippen LogP contribution in [0, 0.1) is 0 Å². The van der Waals surface area contributed by atoms with Gasteiger partial charge in [0.15, 0.2) is 0 Å². The van der Waals surface area contributed by atoms with Crippen LogP contribution in [0.5, 0.6) is 0 Å². The third-order valence-electron chi connectivity index (χ3n) is 2.81. The molecular formula is C11H16N2O2S. The largest absolute Gasteiger partial charge is 0.376 e. The molecule has 1 aromatic heterocycles. The van der Waals surface area contributed by atoms with E-state index in [1.165, 1.54) is 12.8 Å². The number of hydrogen-bond acceptors (Lipinski definition) is 5. The summed E-state index contributed by atoms with van der Waals surface area (Å²) in [4.78, 5) is 4.58. The summed E-state index contributed by atoms with van der Waals surface area (Å²) in [6, 6.07) is 0.736.